The molecule has 1 aliphatic heterocycles. The topological polar surface area (TPSA) is 78.1 Å². The Morgan fingerprint density at radius 1 is 0.960 bits per heavy atom. The van der Waals surface area contributed by atoms with E-state index in [1.54, 1.807) is 21.3 Å². The van der Waals surface area contributed by atoms with Crippen molar-refractivity contribution in [1.29, 1.82) is 0 Å². The molecule has 2 atom stereocenters. The van der Waals surface area contributed by atoms with Gasteiger partial charge in [-0.3, -0.25) is 0 Å². The van der Waals surface area contributed by atoms with E-state index in [9.17, 15) is 0 Å². The Morgan fingerprint density at radius 3 is 2.32 bits per heavy atom. The van der Waals surface area contributed by atoms with Crippen molar-refractivity contribution >= 4 is 5.96 Å². The fraction of sp³-hybridized carbons (Fsp3) is 0.316. The zero-order chi connectivity index (χ0) is 17.8. The van der Waals surface area contributed by atoms with Crippen molar-refractivity contribution in [3.8, 4) is 17.2 Å². The van der Waals surface area contributed by atoms with Gasteiger partial charge >= 0.3 is 0 Å². The number of methoxy groups -OCH3 is 3. The number of hydrogen-bond acceptors (Lipinski definition) is 6. The van der Waals surface area contributed by atoms with Gasteiger partial charge in [0.25, 0.3) is 0 Å². The molecule has 6 heteroatoms. The quantitative estimate of drug-likeness (QED) is 0.874. The summed E-state index contributed by atoms with van der Waals surface area (Å²) in [6.45, 7) is 0. The van der Waals surface area contributed by atoms with Gasteiger partial charge in [-0.15, -0.1) is 0 Å². The van der Waals surface area contributed by atoms with E-state index >= 15 is 0 Å². The van der Waals surface area contributed by atoms with Crippen LogP contribution in [0.25, 0.3) is 0 Å². The fourth-order valence-electron chi connectivity index (χ4n) is 3.21. The van der Waals surface area contributed by atoms with Gasteiger partial charge in [0.1, 0.15) is 0 Å². The first-order valence-corrected chi connectivity index (χ1v) is 8.11. The average Bonchev–Trinajstić information content (AvgIpc) is 2.66. The maximum absolute atomic E-state index is 6.05. The Balaban J connectivity index is 1.98. The molecule has 2 aromatic carbocycles. The second kappa shape index (κ2) is 7.34. The molecule has 0 radical (unpaired) electrons. The molecule has 132 valence electrons. The van der Waals surface area contributed by atoms with Crippen LogP contribution in [0.5, 0.6) is 17.2 Å². The molecule has 0 saturated heterocycles. The molecule has 0 bridgehead atoms. The highest BCUT2D eigenvalue weighted by Gasteiger charge is 2.28. The van der Waals surface area contributed by atoms with E-state index in [4.69, 9.17) is 19.9 Å². The van der Waals surface area contributed by atoms with Gasteiger partial charge in [0.05, 0.1) is 33.4 Å². The number of nitrogens with zero attached hydrogens (tertiary/aromatic N) is 1. The van der Waals surface area contributed by atoms with Crippen LogP contribution in [0.15, 0.2) is 47.5 Å². The van der Waals surface area contributed by atoms with Crippen LogP contribution in [0.2, 0.25) is 0 Å². The molecule has 0 saturated carbocycles. The minimum absolute atomic E-state index is 0.00903. The van der Waals surface area contributed by atoms with E-state index in [1.807, 2.05) is 30.3 Å². The Bertz CT molecular complexity index is 762. The van der Waals surface area contributed by atoms with Gasteiger partial charge in [-0.1, -0.05) is 30.3 Å². The molecule has 1 aliphatic rings. The molecule has 0 spiro atoms. The van der Waals surface area contributed by atoms with E-state index in [0.29, 0.717) is 23.2 Å². The summed E-state index contributed by atoms with van der Waals surface area (Å²) in [7, 11) is 4.82. The summed E-state index contributed by atoms with van der Waals surface area (Å²) in [5.74, 6) is 2.25. The van der Waals surface area contributed by atoms with Gasteiger partial charge in [0.15, 0.2) is 17.5 Å². The van der Waals surface area contributed by atoms with Crippen LogP contribution in [-0.2, 0) is 0 Å². The molecule has 1 heterocycles. The van der Waals surface area contributed by atoms with Gasteiger partial charge in [0.2, 0.25) is 5.75 Å². The zero-order valence-electron chi connectivity index (χ0n) is 14.7. The number of benzene rings is 2. The smallest absolute Gasteiger partial charge is 0.203 e. The molecule has 0 aliphatic carbocycles. The molecule has 3 N–H and O–H groups in total. The minimum Gasteiger partial charge on any atom is -0.493 e. The largest absolute Gasteiger partial charge is 0.493 e. The monoisotopic (exact) mass is 341 g/mol. The van der Waals surface area contributed by atoms with Gasteiger partial charge in [-0.2, -0.15) is 0 Å². The third kappa shape index (κ3) is 3.33. The summed E-state index contributed by atoms with van der Waals surface area (Å²) in [5, 5.41) is 3.25. The summed E-state index contributed by atoms with van der Waals surface area (Å²) < 4.78 is 16.5. The third-order valence-electron chi connectivity index (χ3n) is 4.37. The maximum atomic E-state index is 6.05. The number of rotatable bonds is 5. The van der Waals surface area contributed by atoms with Crippen molar-refractivity contribution in [3.63, 3.8) is 0 Å². The van der Waals surface area contributed by atoms with Gasteiger partial charge < -0.3 is 25.3 Å². The first kappa shape index (κ1) is 17.0. The van der Waals surface area contributed by atoms with Gasteiger partial charge in [0, 0.05) is 5.56 Å². The van der Waals surface area contributed by atoms with Crippen molar-refractivity contribution < 1.29 is 14.2 Å². The molecule has 3 rings (SSSR count). The lowest BCUT2D eigenvalue weighted by atomic mass is 9.93. The lowest BCUT2D eigenvalue weighted by molar-refractivity contribution is 0.318. The second-order valence-corrected chi connectivity index (χ2v) is 5.80. The summed E-state index contributed by atoms with van der Waals surface area (Å²) in [5.41, 5.74) is 8.14. The predicted molar refractivity (Wildman–Crippen MR) is 97.4 cm³/mol. The maximum Gasteiger partial charge on any atom is 0.203 e. The standard InChI is InChI=1S/C19H23N3O3/c1-23-16-10-9-13(17(24-2)18(16)25-3)15-11-14(21-19(20)22-15)12-7-5-4-6-8-12/h4-10,14-15H,11H2,1-3H3,(H3,20,21,22). The molecular weight excluding hydrogens is 318 g/mol. The highest BCUT2D eigenvalue weighted by Crippen LogP contribution is 2.44. The van der Waals surface area contributed by atoms with Crippen molar-refractivity contribution in [3.05, 3.63) is 53.6 Å². The molecule has 0 amide bonds. The molecular formula is C19H23N3O3. The molecule has 25 heavy (non-hydrogen) atoms. The van der Waals surface area contributed by atoms with Crippen molar-refractivity contribution in [2.45, 2.75) is 18.5 Å². The molecule has 2 unspecified atom stereocenters. The van der Waals surface area contributed by atoms with Crippen LogP contribution in [-0.4, -0.2) is 27.3 Å². The Morgan fingerprint density at radius 2 is 1.68 bits per heavy atom. The molecule has 6 nitrogen and oxygen atoms in total. The normalized spacial score (nSPS) is 19.6. The van der Waals surface area contributed by atoms with E-state index in [0.717, 1.165) is 17.5 Å². The van der Waals surface area contributed by atoms with Crippen molar-refractivity contribution in [2.75, 3.05) is 21.3 Å². The highest BCUT2D eigenvalue weighted by atomic mass is 16.5. The third-order valence-corrected chi connectivity index (χ3v) is 4.37. The van der Waals surface area contributed by atoms with Crippen molar-refractivity contribution in [2.24, 2.45) is 10.7 Å². The van der Waals surface area contributed by atoms with E-state index in [1.165, 1.54) is 0 Å². The van der Waals surface area contributed by atoms with E-state index < -0.39 is 0 Å². The Kier molecular flexibility index (Phi) is 4.97. The molecule has 0 fully saturated rings. The number of nitrogens with one attached hydrogen (secondary N) is 1. The summed E-state index contributed by atoms with van der Waals surface area (Å²) in [6.07, 6.45) is 0.760. The lowest BCUT2D eigenvalue weighted by Gasteiger charge is -2.30. The fourth-order valence-corrected chi connectivity index (χ4v) is 3.21. The number of nitrogens with two attached hydrogens (primary N) is 1. The zero-order valence-corrected chi connectivity index (χ0v) is 14.7. The van der Waals surface area contributed by atoms with E-state index in [-0.39, 0.29) is 12.1 Å². The first-order valence-electron chi connectivity index (χ1n) is 8.11. The van der Waals surface area contributed by atoms with Gasteiger partial charge in [-0.05, 0) is 24.1 Å². The SMILES string of the molecule is COc1ccc(C2CC(c3ccccc3)N=C(N)N2)c(OC)c1OC. The van der Waals surface area contributed by atoms with E-state index in [2.05, 4.69) is 22.4 Å². The highest BCUT2D eigenvalue weighted by molar-refractivity contribution is 5.79. The first-order chi connectivity index (χ1) is 12.2. The predicted octanol–water partition coefficient (Wildman–Crippen LogP) is 2.80. The van der Waals surface area contributed by atoms with Crippen molar-refractivity contribution in [1.82, 2.24) is 5.32 Å². The van der Waals surface area contributed by atoms with Crippen LogP contribution in [0.4, 0.5) is 0 Å². The minimum atomic E-state index is -0.0440. The average molecular weight is 341 g/mol. The Labute approximate surface area is 147 Å². The number of aliphatic imine (C=N–C) groups is 1. The summed E-state index contributed by atoms with van der Waals surface area (Å²) in [4.78, 5) is 4.55. The van der Waals surface area contributed by atoms with Gasteiger partial charge in [-0.25, -0.2) is 4.99 Å². The summed E-state index contributed by atoms with van der Waals surface area (Å²) in [6, 6.07) is 13.9. The van der Waals surface area contributed by atoms with Crippen LogP contribution >= 0.6 is 0 Å². The van der Waals surface area contributed by atoms with Crippen LogP contribution in [0.3, 0.4) is 0 Å². The number of hydrogen-bond donors (Lipinski definition) is 2. The van der Waals surface area contributed by atoms with Crippen LogP contribution in [0.1, 0.15) is 29.6 Å². The van der Waals surface area contributed by atoms with Crippen LogP contribution in [0, 0.1) is 0 Å². The lowest BCUT2D eigenvalue weighted by Crippen LogP contribution is -2.39. The number of ether oxygens (including phenoxy) is 3. The Hall–Kier alpha value is -2.89. The number of guanidine groups is 1. The molecule has 2 aromatic rings. The van der Waals surface area contributed by atoms with Crippen LogP contribution < -0.4 is 25.3 Å². The summed E-state index contributed by atoms with van der Waals surface area (Å²) >= 11 is 0. The second-order valence-electron chi connectivity index (χ2n) is 5.80. The molecule has 0 aromatic heterocycles.